The molecule has 17 heavy (non-hydrogen) atoms. The van der Waals surface area contributed by atoms with E-state index in [2.05, 4.69) is 20.8 Å². The maximum atomic E-state index is 11.7. The molecular weight excluding hydrogens is 236 g/mol. The van der Waals surface area contributed by atoms with Gasteiger partial charge in [-0.15, -0.1) is 10.2 Å². The quantitative estimate of drug-likeness (QED) is 0.837. The van der Waals surface area contributed by atoms with Gasteiger partial charge in [-0.2, -0.15) is 0 Å². The first kappa shape index (κ1) is 12.3. The minimum Gasteiger partial charge on any atom is -0.357 e. The molecule has 1 aromatic heterocycles. The molecule has 1 unspecified atom stereocenters. The zero-order chi connectivity index (χ0) is 12.4. The molecule has 1 aliphatic rings. The highest BCUT2D eigenvalue weighted by Crippen LogP contribution is 2.42. The standard InChI is InChI=1S/C11H18N4OS/c1-6(2)8(9(16)12-3)13-11-15-14-10(17-11)7-4-5-7/h6-8H,4-5H2,1-3H3,(H,12,16)(H,13,15). The van der Waals surface area contributed by atoms with E-state index in [4.69, 9.17) is 0 Å². The molecule has 0 saturated heterocycles. The van der Waals surface area contributed by atoms with Gasteiger partial charge in [-0.3, -0.25) is 4.79 Å². The summed E-state index contributed by atoms with van der Waals surface area (Å²) in [6.45, 7) is 4.02. The number of nitrogens with one attached hydrogen (secondary N) is 2. The molecular formula is C11H18N4OS. The van der Waals surface area contributed by atoms with Crippen LogP contribution < -0.4 is 10.6 Å². The molecule has 0 aliphatic heterocycles. The Bertz CT molecular complexity index is 400. The van der Waals surface area contributed by atoms with E-state index in [9.17, 15) is 4.79 Å². The van der Waals surface area contributed by atoms with Crippen molar-refractivity contribution in [3.8, 4) is 0 Å². The van der Waals surface area contributed by atoms with Crippen molar-refractivity contribution in [3.05, 3.63) is 5.01 Å². The molecule has 0 radical (unpaired) electrons. The highest BCUT2D eigenvalue weighted by Gasteiger charge is 2.28. The van der Waals surface area contributed by atoms with E-state index in [1.54, 1.807) is 18.4 Å². The predicted octanol–water partition coefficient (Wildman–Crippen LogP) is 1.60. The van der Waals surface area contributed by atoms with Crippen molar-refractivity contribution in [2.24, 2.45) is 5.92 Å². The van der Waals surface area contributed by atoms with Crippen LogP contribution in [0.1, 0.15) is 37.6 Å². The fourth-order valence-corrected chi connectivity index (χ4v) is 2.56. The molecule has 1 aliphatic carbocycles. The Labute approximate surface area is 105 Å². The second-order valence-corrected chi connectivity index (χ2v) is 5.71. The van der Waals surface area contributed by atoms with Crippen LogP contribution in [0.5, 0.6) is 0 Å². The van der Waals surface area contributed by atoms with Gasteiger partial charge in [0.25, 0.3) is 0 Å². The van der Waals surface area contributed by atoms with Gasteiger partial charge in [-0.1, -0.05) is 25.2 Å². The zero-order valence-electron chi connectivity index (χ0n) is 10.4. The number of hydrogen-bond acceptors (Lipinski definition) is 5. The maximum Gasteiger partial charge on any atom is 0.242 e. The lowest BCUT2D eigenvalue weighted by Crippen LogP contribution is -2.41. The largest absolute Gasteiger partial charge is 0.357 e. The van der Waals surface area contributed by atoms with Gasteiger partial charge in [0.05, 0.1) is 0 Å². The van der Waals surface area contributed by atoms with Gasteiger partial charge in [0, 0.05) is 13.0 Å². The molecule has 1 amide bonds. The molecule has 6 heteroatoms. The second-order valence-electron chi connectivity index (χ2n) is 4.70. The van der Waals surface area contributed by atoms with Gasteiger partial charge in [-0.05, 0) is 18.8 Å². The van der Waals surface area contributed by atoms with Crippen molar-refractivity contribution < 1.29 is 4.79 Å². The summed E-state index contributed by atoms with van der Waals surface area (Å²) >= 11 is 1.56. The second kappa shape index (κ2) is 5.00. The van der Waals surface area contributed by atoms with Crippen LogP contribution in [-0.4, -0.2) is 29.2 Å². The smallest absolute Gasteiger partial charge is 0.242 e. The third-order valence-corrected chi connectivity index (χ3v) is 3.86. The van der Waals surface area contributed by atoms with E-state index in [0.29, 0.717) is 5.92 Å². The Balaban J connectivity index is 2.02. The van der Waals surface area contributed by atoms with Crippen molar-refractivity contribution in [1.29, 1.82) is 0 Å². The molecule has 1 aromatic rings. The van der Waals surface area contributed by atoms with Crippen LogP contribution in [0.4, 0.5) is 5.13 Å². The number of anilines is 1. The number of aromatic nitrogens is 2. The van der Waals surface area contributed by atoms with Gasteiger partial charge < -0.3 is 10.6 Å². The summed E-state index contributed by atoms with van der Waals surface area (Å²) in [5.74, 6) is 0.812. The molecule has 2 N–H and O–H groups in total. The summed E-state index contributed by atoms with van der Waals surface area (Å²) in [6, 6.07) is -0.250. The Hall–Kier alpha value is -1.17. The fourth-order valence-electron chi connectivity index (χ4n) is 1.61. The molecule has 1 atom stereocenters. The number of carbonyl (C=O) groups excluding carboxylic acids is 1. The lowest BCUT2D eigenvalue weighted by atomic mass is 10.0. The van der Waals surface area contributed by atoms with Crippen LogP contribution in [0.2, 0.25) is 0 Å². The molecule has 94 valence electrons. The number of amides is 1. The van der Waals surface area contributed by atoms with Gasteiger partial charge in [0.2, 0.25) is 11.0 Å². The average molecular weight is 254 g/mol. The first-order chi connectivity index (χ1) is 8.11. The summed E-state index contributed by atoms with van der Waals surface area (Å²) in [6.07, 6.45) is 2.44. The fraction of sp³-hybridized carbons (Fsp3) is 0.727. The van der Waals surface area contributed by atoms with Gasteiger partial charge in [0.15, 0.2) is 0 Å². The normalized spacial score (nSPS) is 16.9. The Morgan fingerprint density at radius 3 is 2.65 bits per heavy atom. The summed E-state index contributed by atoms with van der Waals surface area (Å²) in [4.78, 5) is 11.7. The van der Waals surface area contributed by atoms with Crippen LogP contribution in [0.15, 0.2) is 0 Å². The van der Waals surface area contributed by atoms with Crippen LogP contribution in [0.3, 0.4) is 0 Å². The van der Waals surface area contributed by atoms with Gasteiger partial charge in [0.1, 0.15) is 11.0 Å². The highest BCUT2D eigenvalue weighted by molar-refractivity contribution is 7.15. The molecule has 5 nitrogen and oxygen atoms in total. The SMILES string of the molecule is CNC(=O)C(Nc1nnc(C2CC2)s1)C(C)C. The summed E-state index contributed by atoms with van der Waals surface area (Å²) in [7, 11) is 1.65. The Morgan fingerprint density at radius 1 is 1.41 bits per heavy atom. The van der Waals surface area contributed by atoms with Crippen molar-refractivity contribution in [2.45, 2.75) is 38.6 Å². The monoisotopic (exact) mass is 254 g/mol. The molecule has 2 rings (SSSR count). The number of likely N-dealkylation sites (N-methyl/N-ethyl adjacent to an activating group) is 1. The third-order valence-electron chi connectivity index (χ3n) is 2.84. The summed E-state index contributed by atoms with van der Waals surface area (Å²) in [5, 5.41) is 15.9. The minimum atomic E-state index is -0.250. The lowest BCUT2D eigenvalue weighted by Gasteiger charge is -2.19. The molecule has 0 spiro atoms. The minimum absolute atomic E-state index is 0.0110. The Kier molecular flexibility index (Phi) is 3.61. The van der Waals surface area contributed by atoms with Crippen LogP contribution in [-0.2, 0) is 4.79 Å². The highest BCUT2D eigenvalue weighted by atomic mass is 32.1. The zero-order valence-corrected chi connectivity index (χ0v) is 11.2. The van der Waals surface area contributed by atoms with Crippen LogP contribution >= 0.6 is 11.3 Å². The first-order valence-electron chi connectivity index (χ1n) is 5.93. The van der Waals surface area contributed by atoms with E-state index >= 15 is 0 Å². The third kappa shape index (κ3) is 2.94. The summed E-state index contributed by atoms with van der Waals surface area (Å²) in [5.41, 5.74) is 0. The number of hydrogen-bond donors (Lipinski definition) is 2. The topological polar surface area (TPSA) is 66.9 Å². The first-order valence-corrected chi connectivity index (χ1v) is 6.75. The van der Waals surface area contributed by atoms with E-state index in [0.717, 1.165) is 10.1 Å². The van der Waals surface area contributed by atoms with E-state index in [1.807, 2.05) is 13.8 Å². The Morgan fingerprint density at radius 2 is 2.12 bits per heavy atom. The van der Waals surface area contributed by atoms with E-state index in [1.165, 1.54) is 12.8 Å². The van der Waals surface area contributed by atoms with Crippen molar-refractivity contribution >= 4 is 22.4 Å². The maximum absolute atomic E-state index is 11.7. The predicted molar refractivity (Wildman–Crippen MR) is 68.2 cm³/mol. The molecule has 0 bridgehead atoms. The van der Waals surface area contributed by atoms with Gasteiger partial charge >= 0.3 is 0 Å². The van der Waals surface area contributed by atoms with E-state index < -0.39 is 0 Å². The number of carbonyl (C=O) groups is 1. The molecule has 0 aromatic carbocycles. The summed E-state index contributed by atoms with van der Waals surface area (Å²) < 4.78 is 0. The average Bonchev–Trinajstić information content (AvgIpc) is 3.05. The molecule has 1 fully saturated rings. The van der Waals surface area contributed by atoms with Gasteiger partial charge in [-0.25, -0.2) is 0 Å². The van der Waals surface area contributed by atoms with Crippen molar-refractivity contribution in [1.82, 2.24) is 15.5 Å². The van der Waals surface area contributed by atoms with Crippen LogP contribution in [0.25, 0.3) is 0 Å². The van der Waals surface area contributed by atoms with Crippen LogP contribution in [0, 0.1) is 5.92 Å². The van der Waals surface area contributed by atoms with Crippen molar-refractivity contribution in [2.75, 3.05) is 12.4 Å². The number of rotatable bonds is 5. The molecule has 1 saturated carbocycles. The number of nitrogens with zero attached hydrogens (tertiary/aromatic N) is 2. The van der Waals surface area contributed by atoms with Crippen molar-refractivity contribution in [3.63, 3.8) is 0 Å². The van der Waals surface area contributed by atoms with E-state index in [-0.39, 0.29) is 17.9 Å². The molecule has 1 heterocycles. The lowest BCUT2D eigenvalue weighted by molar-refractivity contribution is -0.122.